The van der Waals surface area contributed by atoms with Crippen LogP contribution in [0.25, 0.3) is 0 Å². The standard InChI is InChI=1S/C5H10O6S2/c1-5(2,3)13(8,9)11-12(7)10-4-6/h4H,1-3H3. The number of rotatable bonds is 4. The van der Waals surface area contributed by atoms with E-state index in [1.807, 2.05) is 0 Å². The monoisotopic (exact) mass is 230 g/mol. The van der Waals surface area contributed by atoms with E-state index in [0.29, 0.717) is 0 Å². The zero-order valence-electron chi connectivity index (χ0n) is 7.34. The maximum absolute atomic E-state index is 11.1. The van der Waals surface area contributed by atoms with Crippen molar-refractivity contribution in [2.45, 2.75) is 25.5 Å². The Morgan fingerprint density at radius 2 is 1.77 bits per heavy atom. The van der Waals surface area contributed by atoms with Crippen molar-refractivity contribution in [2.75, 3.05) is 0 Å². The molecule has 0 N–H and O–H groups in total. The highest BCUT2D eigenvalue weighted by Gasteiger charge is 2.33. The summed E-state index contributed by atoms with van der Waals surface area (Å²) in [4.78, 5) is 9.66. The first kappa shape index (κ1) is 12.5. The van der Waals surface area contributed by atoms with Crippen molar-refractivity contribution in [3.05, 3.63) is 0 Å². The summed E-state index contributed by atoms with van der Waals surface area (Å²) in [6.07, 6.45) is 0. The average Bonchev–Trinajstić information content (AvgIpc) is 1.83. The molecule has 0 fully saturated rings. The normalized spacial score (nSPS) is 15.0. The van der Waals surface area contributed by atoms with Gasteiger partial charge in [0.05, 0.1) is 4.75 Å². The molecule has 0 heterocycles. The van der Waals surface area contributed by atoms with Crippen LogP contribution in [-0.2, 0) is 34.1 Å². The van der Waals surface area contributed by atoms with E-state index in [0.717, 1.165) is 0 Å². The highest BCUT2D eigenvalue weighted by Crippen LogP contribution is 2.18. The topological polar surface area (TPSA) is 86.7 Å². The minimum Gasteiger partial charge on any atom is -0.345 e. The second-order valence-corrected chi connectivity index (χ2v) is 6.31. The van der Waals surface area contributed by atoms with Crippen molar-refractivity contribution >= 4 is 28.0 Å². The molecule has 0 aliphatic carbocycles. The van der Waals surface area contributed by atoms with Gasteiger partial charge in [0.25, 0.3) is 10.1 Å². The van der Waals surface area contributed by atoms with Gasteiger partial charge in [-0.15, -0.1) is 3.63 Å². The van der Waals surface area contributed by atoms with Crippen molar-refractivity contribution in [1.82, 2.24) is 0 Å². The van der Waals surface area contributed by atoms with Crippen LogP contribution in [-0.4, -0.2) is 23.8 Å². The molecule has 0 aliphatic rings. The second-order valence-electron chi connectivity index (χ2n) is 3.03. The Kier molecular flexibility index (Phi) is 4.01. The quantitative estimate of drug-likeness (QED) is 0.626. The van der Waals surface area contributed by atoms with Crippen LogP contribution in [0.15, 0.2) is 0 Å². The van der Waals surface area contributed by atoms with Crippen molar-refractivity contribution in [3.8, 4) is 0 Å². The molecule has 0 aromatic heterocycles. The Bertz CT molecular complexity index is 297. The van der Waals surface area contributed by atoms with Gasteiger partial charge in [0, 0.05) is 0 Å². The number of hydrogen-bond acceptors (Lipinski definition) is 6. The molecule has 0 saturated heterocycles. The second kappa shape index (κ2) is 4.16. The van der Waals surface area contributed by atoms with Crippen LogP contribution in [0.2, 0.25) is 0 Å². The molecular formula is C5H10O6S2. The lowest BCUT2D eigenvalue weighted by molar-refractivity contribution is -0.120. The first-order chi connectivity index (χ1) is 5.70. The van der Waals surface area contributed by atoms with Crippen LogP contribution in [0.4, 0.5) is 0 Å². The third-order valence-electron chi connectivity index (χ3n) is 1.01. The maximum atomic E-state index is 11.1. The molecule has 0 amide bonds. The predicted molar refractivity (Wildman–Crippen MR) is 45.0 cm³/mol. The van der Waals surface area contributed by atoms with Crippen LogP contribution in [0.5, 0.6) is 0 Å². The third kappa shape index (κ3) is 3.83. The Labute approximate surface area is 79.2 Å². The highest BCUT2D eigenvalue weighted by atomic mass is 32.3. The zero-order chi connectivity index (χ0) is 10.7. The van der Waals surface area contributed by atoms with Crippen LogP contribution in [0, 0.1) is 0 Å². The van der Waals surface area contributed by atoms with Gasteiger partial charge in [-0.3, -0.25) is 4.79 Å². The molecule has 0 aliphatic heterocycles. The van der Waals surface area contributed by atoms with Crippen LogP contribution < -0.4 is 0 Å². The molecule has 78 valence electrons. The lowest BCUT2D eigenvalue weighted by Gasteiger charge is -2.16. The Morgan fingerprint density at radius 3 is 2.08 bits per heavy atom. The first-order valence-corrected chi connectivity index (χ1v) is 5.58. The van der Waals surface area contributed by atoms with Crippen molar-refractivity contribution in [2.24, 2.45) is 0 Å². The van der Waals surface area contributed by atoms with Gasteiger partial charge in [-0.05, 0) is 20.8 Å². The largest absolute Gasteiger partial charge is 0.378 e. The summed E-state index contributed by atoms with van der Waals surface area (Å²) >= 11 is -2.59. The SMILES string of the molecule is CC(C)(C)S(=O)(=O)OS(=O)OC=O. The van der Waals surface area contributed by atoms with E-state index < -0.39 is 26.2 Å². The minimum atomic E-state index is -4.00. The molecule has 0 rings (SSSR count). The summed E-state index contributed by atoms with van der Waals surface area (Å²) < 4.78 is 39.4. The van der Waals surface area contributed by atoms with E-state index in [4.69, 9.17) is 0 Å². The molecule has 1 atom stereocenters. The van der Waals surface area contributed by atoms with E-state index in [2.05, 4.69) is 7.81 Å². The average molecular weight is 230 g/mol. The molecule has 0 aromatic carbocycles. The molecule has 6 nitrogen and oxygen atoms in total. The van der Waals surface area contributed by atoms with Crippen LogP contribution >= 0.6 is 0 Å². The maximum Gasteiger partial charge on any atom is 0.378 e. The van der Waals surface area contributed by atoms with Crippen molar-refractivity contribution in [3.63, 3.8) is 0 Å². The van der Waals surface area contributed by atoms with Gasteiger partial charge in [0.15, 0.2) is 0 Å². The number of hydrogen-bond donors (Lipinski definition) is 0. The first-order valence-electron chi connectivity index (χ1n) is 3.18. The molecule has 0 saturated carbocycles. The van der Waals surface area contributed by atoms with Gasteiger partial charge in [-0.25, -0.2) is 0 Å². The summed E-state index contributed by atoms with van der Waals surface area (Å²) in [5, 5.41) is 0. The molecule has 0 spiro atoms. The third-order valence-corrected chi connectivity index (χ3v) is 3.91. The summed E-state index contributed by atoms with van der Waals surface area (Å²) in [7, 11) is -4.00. The fraction of sp³-hybridized carbons (Fsp3) is 0.800. The van der Waals surface area contributed by atoms with E-state index in [-0.39, 0.29) is 6.47 Å². The smallest absolute Gasteiger partial charge is 0.345 e. The van der Waals surface area contributed by atoms with Gasteiger partial charge >= 0.3 is 17.8 Å². The summed E-state index contributed by atoms with van der Waals surface area (Å²) in [5.41, 5.74) is 0. The number of carbonyl (C=O) groups is 1. The van der Waals surface area contributed by atoms with Crippen LogP contribution in [0.1, 0.15) is 20.8 Å². The van der Waals surface area contributed by atoms with Gasteiger partial charge in [-0.2, -0.15) is 12.6 Å². The Hall–Kier alpha value is -0.470. The lowest BCUT2D eigenvalue weighted by Crippen LogP contribution is -2.30. The van der Waals surface area contributed by atoms with Crippen molar-refractivity contribution in [1.29, 1.82) is 0 Å². The van der Waals surface area contributed by atoms with Gasteiger partial charge in [-0.1, -0.05) is 0 Å². The van der Waals surface area contributed by atoms with E-state index >= 15 is 0 Å². The molecule has 8 heteroatoms. The van der Waals surface area contributed by atoms with Gasteiger partial charge < -0.3 is 4.18 Å². The van der Waals surface area contributed by atoms with Gasteiger partial charge in [0.2, 0.25) is 0 Å². The van der Waals surface area contributed by atoms with E-state index in [1.165, 1.54) is 20.8 Å². The molecule has 13 heavy (non-hydrogen) atoms. The molecule has 0 radical (unpaired) electrons. The molecule has 0 aromatic rings. The molecular weight excluding hydrogens is 220 g/mol. The van der Waals surface area contributed by atoms with Crippen molar-refractivity contribution < 1.29 is 25.2 Å². The molecule has 1 unspecified atom stereocenters. The van der Waals surface area contributed by atoms with Gasteiger partial charge in [0.1, 0.15) is 0 Å². The predicted octanol–water partition coefficient (Wildman–Crippen LogP) is -0.117. The fourth-order valence-corrected chi connectivity index (χ4v) is 1.82. The van der Waals surface area contributed by atoms with Crippen LogP contribution in [0.3, 0.4) is 0 Å². The Balaban J connectivity index is 4.54. The zero-order valence-corrected chi connectivity index (χ0v) is 8.98. The van der Waals surface area contributed by atoms with E-state index in [9.17, 15) is 17.4 Å². The fourth-order valence-electron chi connectivity index (χ4n) is 0.223. The van der Waals surface area contributed by atoms with E-state index in [1.54, 1.807) is 0 Å². The summed E-state index contributed by atoms with van der Waals surface area (Å²) in [5.74, 6) is 0. The Morgan fingerprint density at radius 1 is 1.31 bits per heavy atom. The minimum absolute atomic E-state index is 0.158. The highest BCUT2D eigenvalue weighted by molar-refractivity contribution is 7.96. The lowest BCUT2D eigenvalue weighted by atomic mass is 10.3. The summed E-state index contributed by atoms with van der Waals surface area (Å²) in [6.45, 7) is 3.93. The summed E-state index contributed by atoms with van der Waals surface area (Å²) in [6, 6.07) is 0. The molecule has 0 bridgehead atoms. The number of carbonyl (C=O) groups excluding carboxylic acids is 1.